The summed E-state index contributed by atoms with van der Waals surface area (Å²) in [4.78, 5) is 35.9. The van der Waals surface area contributed by atoms with Gasteiger partial charge in [-0.15, -0.1) is 0 Å². The van der Waals surface area contributed by atoms with Gasteiger partial charge < -0.3 is 10.1 Å². The zero-order valence-electron chi connectivity index (χ0n) is 14.4. The predicted octanol–water partition coefficient (Wildman–Crippen LogP) is 1.51. The van der Waals surface area contributed by atoms with Gasteiger partial charge in [0.2, 0.25) is 0 Å². The van der Waals surface area contributed by atoms with Crippen LogP contribution in [0.15, 0.2) is 47.3 Å². The number of ether oxygens (including phenoxy) is 1. The standard InChI is InChI=1S/C19H21N3O4/c23-17(20-15-8-4-5-9-15)13-26-19(25)16-10-11-18(24)22(21-16)12-14-6-2-1-3-7-14/h1-3,6-7,10-11,15H,4-5,8-9,12-13H2,(H,20,23). The molecule has 0 aliphatic heterocycles. The van der Waals surface area contributed by atoms with Crippen LogP contribution in [0.1, 0.15) is 41.7 Å². The minimum atomic E-state index is -0.728. The van der Waals surface area contributed by atoms with Crippen LogP contribution in [0.3, 0.4) is 0 Å². The molecule has 26 heavy (non-hydrogen) atoms. The fourth-order valence-corrected chi connectivity index (χ4v) is 2.97. The number of amides is 1. The van der Waals surface area contributed by atoms with Gasteiger partial charge in [-0.1, -0.05) is 43.2 Å². The van der Waals surface area contributed by atoms with Crippen LogP contribution in [0.2, 0.25) is 0 Å². The minimum Gasteiger partial charge on any atom is -0.451 e. The van der Waals surface area contributed by atoms with Crippen molar-refractivity contribution in [3.63, 3.8) is 0 Å². The summed E-state index contributed by atoms with van der Waals surface area (Å²) in [7, 11) is 0. The number of aromatic nitrogens is 2. The number of esters is 1. The van der Waals surface area contributed by atoms with E-state index in [1.54, 1.807) is 0 Å². The van der Waals surface area contributed by atoms with E-state index in [0.29, 0.717) is 0 Å². The predicted molar refractivity (Wildman–Crippen MR) is 94.7 cm³/mol. The maximum absolute atomic E-state index is 12.1. The molecule has 136 valence electrons. The first-order valence-corrected chi connectivity index (χ1v) is 8.70. The zero-order chi connectivity index (χ0) is 18.4. The second-order valence-corrected chi connectivity index (χ2v) is 6.33. The Labute approximate surface area is 151 Å². The highest BCUT2D eigenvalue weighted by molar-refractivity contribution is 5.89. The van der Waals surface area contributed by atoms with E-state index < -0.39 is 5.97 Å². The molecule has 1 aromatic carbocycles. The molecule has 1 aliphatic carbocycles. The van der Waals surface area contributed by atoms with Crippen LogP contribution in [0.25, 0.3) is 0 Å². The highest BCUT2D eigenvalue weighted by Crippen LogP contribution is 2.17. The maximum Gasteiger partial charge on any atom is 0.359 e. The lowest BCUT2D eigenvalue weighted by Crippen LogP contribution is -2.36. The van der Waals surface area contributed by atoms with E-state index >= 15 is 0 Å². The van der Waals surface area contributed by atoms with Crippen molar-refractivity contribution in [2.45, 2.75) is 38.3 Å². The van der Waals surface area contributed by atoms with E-state index in [9.17, 15) is 14.4 Å². The number of benzene rings is 1. The van der Waals surface area contributed by atoms with Gasteiger partial charge >= 0.3 is 5.97 Å². The summed E-state index contributed by atoms with van der Waals surface area (Å²) in [6.45, 7) is -0.0994. The minimum absolute atomic E-state index is 0.00537. The molecule has 1 aromatic heterocycles. The number of carbonyl (C=O) groups excluding carboxylic acids is 2. The van der Waals surface area contributed by atoms with E-state index in [-0.39, 0.29) is 36.4 Å². The number of nitrogens with zero attached hydrogens (tertiary/aromatic N) is 2. The van der Waals surface area contributed by atoms with Crippen molar-refractivity contribution in [2.75, 3.05) is 6.61 Å². The topological polar surface area (TPSA) is 90.3 Å². The van der Waals surface area contributed by atoms with Gasteiger partial charge in [-0.25, -0.2) is 9.48 Å². The number of hydrogen-bond acceptors (Lipinski definition) is 5. The van der Waals surface area contributed by atoms with Gasteiger partial charge in [0.05, 0.1) is 6.54 Å². The third-order valence-electron chi connectivity index (χ3n) is 4.31. The van der Waals surface area contributed by atoms with Crippen LogP contribution in [-0.2, 0) is 16.1 Å². The van der Waals surface area contributed by atoms with Crippen LogP contribution in [0, 0.1) is 0 Å². The summed E-state index contributed by atoms with van der Waals surface area (Å²) in [6, 6.07) is 12.1. The molecule has 2 aromatic rings. The number of carbonyl (C=O) groups is 2. The maximum atomic E-state index is 12.1. The molecule has 0 atom stereocenters. The average molecular weight is 355 g/mol. The Bertz CT molecular complexity index is 826. The molecular formula is C19H21N3O4. The van der Waals surface area contributed by atoms with Gasteiger partial charge in [-0.05, 0) is 24.5 Å². The highest BCUT2D eigenvalue weighted by Gasteiger charge is 2.19. The first-order valence-electron chi connectivity index (χ1n) is 8.70. The Balaban J connectivity index is 1.59. The normalized spacial score (nSPS) is 14.2. The molecule has 0 spiro atoms. The van der Waals surface area contributed by atoms with Crippen LogP contribution in [0.5, 0.6) is 0 Å². The van der Waals surface area contributed by atoms with Gasteiger partial charge in [0, 0.05) is 12.1 Å². The second-order valence-electron chi connectivity index (χ2n) is 6.33. The molecule has 7 nitrogen and oxygen atoms in total. The molecule has 7 heteroatoms. The van der Waals surface area contributed by atoms with Crippen LogP contribution in [0.4, 0.5) is 0 Å². The summed E-state index contributed by atoms with van der Waals surface area (Å²) < 4.78 is 6.22. The third-order valence-corrected chi connectivity index (χ3v) is 4.31. The summed E-state index contributed by atoms with van der Waals surface area (Å²) >= 11 is 0. The Morgan fingerprint density at radius 3 is 2.58 bits per heavy atom. The quantitative estimate of drug-likeness (QED) is 0.793. The number of rotatable bonds is 6. The van der Waals surface area contributed by atoms with Crippen molar-refractivity contribution in [1.29, 1.82) is 0 Å². The SMILES string of the molecule is O=C(COC(=O)c1ccc(=O)n(Cc2ccccc2)n1)NC1CCCC1. The van der Waals surface area contributed by atoms with E-state index in [1.807, 2.05) is 30.3 Å². The monoisotopic (exact) mass is 355 g/mol. The lowest BCUT2D eigenvalue weighted by atomic mass is 10.2. The lowest BCUT2D eigenvalue weighted by molar-refractivity contribution is -0.124. The highest BCUT2D eigenvalue weighted by atomic mass is 16.5. The Kier molecular flexibility index (Phi) is 5.78. The molecule has 1 saturated carbocycles. The van der Waals surface area contributed by atoms with Gasteiger partial charge in [-0.3, -0.25) is 9.59 Å². The first-order chi connectivity index (χ1) is 12.6. The molecule has 3 rings (SSSR count). The van der Waals surface area contributed by atoms with Gasteiger partial charge in [0.1, 0.15) is 0 Å². The van der Waals surface area contributed by atoms with Crippen molar-refractivity contribution < 1.29 is 14.3 Å². The van der Waals surface area contributed by atoms with Crippen molar-refractivity contribution in [3.8, 4) is 0 Å². The zero-order valence-corrected chi connectivity index (χ0v) is 14.4. The Morgan fingerprint density at radius 2 is 1.85 bits per heavy atom. The summed E-state index contributed by atoms with van der Waals surface area (Å²) in [5, 5.41) is 6.89. The molecule has 1 heterocycles. The molecule has 0 unspecified atom stereocenters. The van der Waals surface area contributed by atoms with Crippen molar-refractivity contribution in [2.24, 2.45) is 0 Å². The molecule has 1 N–H and O–H groups in total. The molecule has 1 fully saturated rings. The fourth-order valence-electron chi connectivity index (χ4n) is 2.97. The molecule has 0 saturated heterocycles. The molecule has 1 aliphatic rings. The largest absolute Gasteiger partial charge is 0.451 e. The smallest absolute Gasteiger partial charge is 0.359 e. The van der Waals surface area contributed by atoms with E-state index in [2.05, 4.69) is 10.4 Å². The molecule has 1 amide bonds. The van der Waals surface area contributed by atoms with Crippen molar-refractivity contribution >= 4 is 11.9 Å². The van der Waals surface area contributed by atoms with Crippen LogP contribution in [-0.4, -0.2) is 34.3 Å². The molecule has 0 radical (unpaired) electrons. The number of nitrogens with one attached hydrogen (secondary N) is 1. The summed E-state index contributed by atoms with van der Waals surface area (Å²) in [5.41, 5.74) is 0.571. The van der Waals surface area contributed by atoms with Crippen LogP contribution < -0.4 is 10.9 Å². The van der Waals surface area contributed by atoms with E-state index in [1.165, 1.54) is 16.8 Å². The van der Waals surface area contributed by atoms with Crippen LogP contribution >= 0.6 is 0 Å². The van der Waals surface area contributed by atoms with Gasteiger partial charge in [0.15, 0.2) is 12.3 Å². The summed E-state index contributed by atoms with van der Waals surface area (Å²) in [6.07, 6.45) is 4.15. The van der Waals surface area contributed by atoms with Crippen molar-refractivity contribution in [3.05, 3.63) is 64.1 Å². The van der Waals surface area contributed by atoms with E-state index in [4.69, 9.17) is 4.74 Å². The fraction of sp³-hybridized carbons (Fsp3) is 0.368. The van der Waals surface area contributed by atoms with Gasteiger partial charge in [0.25, 0.3) is 11.5 Å². The molecular weight excluding hydrogens is 334 g/mol. The van der Waals surface area contributed by atoms with Crippen molar-refractivity contribution in [1.82, 2.24) is 15.1 Å². The Hall–Kier alpha value is -2.96. The third kappa shape index (κ3) is 4.78. The molecule has 0 bridgehead atoms. The lowest BCUT2D eigenvalue weighted by Gasteiger charge is -2.12. The number of hydrogen-bond donors (Lipinski definition) is 1. The summed E-state index contributed by atoms with van der Waals surface area (Å²) in [5.74, 6) is -1.05. The van der Waals surface area contributed by atoms with Gasteiger partial charge in [-0.2, -0.15) is 5.10 Å². The Morgan fingerprint density at radius 1 is 1.12 bits per heavy atom. The van der Waals surface area contributed by atoms with E-state index in [0.717, 1.165) is 31.2 Å². The first kappa shape index (κ1) is 17.8. The second kappa shape index (κ2) is 8.42. The average Bonchev–Trinajstić information content (AvgIpc) is 3.15.